The summed E-state index contributed by atoms with van der Waals surface area (Å²) in [6.45, 7) is 0. The molecule has 0 atom stereocenters. The first-order valence-electron chi connectivity index (χ1n) is 3.78. The van der Waals surface area contributed by atoms with Crippen molar-refractivity contribution >= 4 is 21.7 Å². The van der Waals surface area contributed by atoms with Crippen LogP contribution in [0.25, 0.3) is 0 Å². The van der Waals surface area contributed by atoms with Gasteiger partial charge < -0.3 is 5.11 Å². The predicted molar refractivity (Wildman–Crippen MR) is 51.4 cm³/mol. The van der Waals surface area contributed by atoms with E-state index < -0.39 is 37.1 Å². The molecule has 86 valence electrons. The van der Waals surface area contributed by atoms with Crippen molar-refractivity contribution in [2.24, 2.45) is 5.14 Å². The fourth-order valence-corrected chi connectivity index (χ4v) is 2.03. The molecule has 0 saturated carbocycles. The van der Waals surface area contributed by atoms with Gasteiger partial charge in [-0.1, -0.05) is 6.07 Å². The highest BCUT2D eigenvalue weighted by atomic mass is 32.2. The third-order valence-corrected chi connectivity index (χ3v) is 2.70. The third-order valence-electron chi connectivity index (χ3n) is 1.71. The van der Waals surface area contributed by atoms with Crippen LogP contribution in [0.4, 0.5) is 5.69 Å². The van der Waals surface area contributed by atoms with Crippen molar-refractivity contribution in [2.45, 2.75) is 4.90 Å². The van der Waals surface area contributed by atoms with E-state index in [0.29, 0.717) is 0 Å². The minimum atomic E-state index is -4.48. The molecule has 0 amide bonds. The molecular weight excluding hydrogens is 240 g/mol. The number of hydrogen-bond donors (Lipinski definition) is 2. The van der Waals surface area contributed by atoms with Crippen molar-refractivity contribution in [3.63, 3.8) is 0 Å². The topological polar surface area (TPSA) is 141 Å². The number of nitro groups is 1. The summed E-state index contributed by atoms with van der Waals surface area (Å²) in [6.07, 6.45) is 0. The lowest BCUT2D eigenvalue weighted by molar-refractivity contribution is -0.387. The zero-order valence-corrected chi connectivity index (χ0v) is 8.47. The SMILES string of the molecule is NS(=O)(=O)c1c(C(=O)O)cccc1[N+](=O)[O-]. The molecule has 9 heteroatoms. The monoisotopic (exact) mass is 246 g/mol. The first-order valence-corrected chi connectivity index (χ1v) is 5.33. The Morgan fingerprint density at radius 3 is 2.38 bits per heavy atom. The fourth-order valence-electron chi connectivity index (χ4n) is 1.14. The Morgan fingerprint density at radius 1 is 1.44 bits per heavy atom. The summed E-state index contributed by atoms with van der Waals surface area (Å²) in [5.41, 5.74) is -1.58. The van der Waals surface area contributed by atoms with Gasteiger partial charge in [0.2, 0.25) is 10.0 Å². The molecule has 0 aliphatic carbocycles. The van der Waals surface area contributed by atoms with Crippen molar-refractivity contribution in [1.82, 2.24) is 0 Å². The van der Waals surface area contributed by atoms with Crippen molar-refractivity contribution in [3.8, 4) is 0 Å². The molecule has 0 unspecified atom stereocenters. The van der Waals surface area contributed by atoms with Crippen LogP contribution < -0.4 is 5.14 Å². The molecule has 1 aromatic carbocycles. The number of carboxylic acids is 1. The molecule has 0 fully saturated rings. The minimum Gasteiger partial charge on any atom is -0.478 e. The fraction of sp³-hybridized carbons (Fsp3) is 0. The molecule has 0 bridgehead atoms. The number of carboxylic acid groups (broad SMARTS) is 1. The average Bonchev–Trinajstić information content (AvgIpc) is 2.15. The number of benzene rings is 1. The van der Waals surface area contributed by atoms with E-state index in [2.05, 4.69) is 0 Å². The number of nitrogens with two attached hydrogens (primary N) is 1. The summed E-state index contributed by atoms with van der Waals surface area (Å²) < 4.78 is 22.2. The van der Waals surface area contributed by atoms with Gasteiger partial charge in [-0.2, -0.15) is 0 Å². The number of hydrogen-bond acceptors (Lipinski definition) is 5. The summed E-state index contributed by atoms with van der Waals surface area (Å²) in [7, 11) is -4.48. The highest BCUT2D eigenvalue weighted by Crippen LogP contribution is 2.26. The maximum atomic E-state index is 11.1. The van der Waals surface area contributed by atoms with Gasteiger partial charge in [0.05, 0.1) is 10.5 Å². The van der Waals surface area contributed by atoms with Crippen LogP contribution in [0.3, 0.4) is 0 Å². The van der Waals surface area contributed by atoms with Crippen molar-refractivity contribution in [3.05, 3.63) is 33.9 Å². The summed E-state index contributed by atoms with van der Waals surface area (Å²) in [5, 5.41) is 24.0. The van der Waals surface area contributed by atoms with Crippen LogP contribution in [0.15, 0.2) is 23.1 Å². The van der Waals surface area contributed by atoms with Crippen LogP contribution in [0.2, 0.25) is 0 Å². The highest BCUT2D eigenvalue weighted by Gasteiger charge is 2.29. The number of sulfonamides is 1. The summed E-state index contributed by atoms with van der Waals surface area (Å²) in [4.78, 5) is 19.2. The van der Waals surface area contributed by atoms with Crippen LogP contribution in [0.5, 0.6) is 0 Å². The normalized spacial score (nSPS) is 11.1. The van der Waals surface area contributed by atoms with E-state index in [9.17, 15) is 23.3 Å². The van der Waals surface area contributed by atoms with Crippen LogP contribution in [-0.4, -0.2) is 24.4 Å². The standard InChI is InChI=1S/C7H6N2O6S/c8-16(14,15)6-4(7(10)11)2-1-3-5(6)9(12)13/h1-3H,(H,10,11)(H2,8,14,15). The van der Waals surface area contributed by atoms with E-state index in [1.807, 2.05) is 0 Å². The Hall–Kier alpha value is -2.00. The second kappa shape index (κ2) is 3.87. The van der Waals surface area contributed by atoms with E-state index in [1.54, 1.807) is 0 Å². The lowest BCUT2D eigenvalue weighted by atomic mass is 10.2. The molecule has 1 rings (SSSR count). The molecule has 0 heterocycles. The molecule has 8 nitrogen and oxygen atoms in total. The van der Waals surface area contributed by atoms with Crippen LogP contribution in [0.1, 0.15) is 10.4 Å². The average molecular weight is 246 g/mol. The number of carbonyl (C=O) groups is 1. The lowest BCUT2D eigenvalue weighted by Crippen LogP contribution is -2.18. The lowest BCUT2D eigenvalue weighted by Gasteiger charge is -2.03. The summed E-state index contributed by atoms with van der Waals surface area (Å²) >= 11 is 0. The zero-order valence-electron chi connectivity index (χ0n) is 7.65. The third kappa shape index (κ3) is 2.15. The Balaban J connectivity index is 3.75. The van der Waals surface area contributed by atoms with Gasteiger partial charge >= 0.3 is 5.97 Å². The van der Waals surface area contributed by atoms with E-state index in [4.69, 9.17) is 10.2 Å². The number of rotatable bonds is 3. The zero-order chi connectivity index (χ0) is 12.5. The maximum absolute atomic E-state index is 11.1. The summed E-state index contributed by atoms with van der Waals surface area (Å²) in [6, 6.07) is 2.86. The molecule has 16 heavy (non-hydrogen) atoms. The van der Waals surface area contributed by atoms with Gasteiger partial charge in [0.1, 0.15) is 0 Å². The molecule has 1 aromatic rings. The van der Waals surface area contributed by atoms with Gasteiger partial charge in [-0.05, 0) is 6.07 Å². The first kappa shape index (κ1) is 12.1. The highest BCUT2D eigenvalue weighted by molar-refractivity contribution is 7.89. The van der Waals surface area contributed by atoms with Gasteiger partial charge in [0, 0.05) is 6.07 Å². The van der Waals surface area contributed by atoms with Crippen LogP contribution in [0, 0.1) is 10.1 Å². The number of aromatic carboxylic acids is 1. The van der Waals surface area contributed by atoms with E-state index >= 15 is 0 Å². The molecule has 0 radical (unpaired) electrons. The smallest absolute Gasteiger partial charge is 0.337 e. The number of nitro benzene ring substituents is 1. The van der Waals surface area contributed by atoms with Gasteiger partial charge in [0.25, 0.3) is 5.69 Å². The van der Waals surface area contributed by atoms with E-state index in [-0.39, 0.29) is 0 Å². The van der Waals surface area contributed by atoms with Crippen molar-refractivity contribution in [1.29, 1.82) is 0 Å². The Labute approximate surface area is 89.5 Å². The quantitative estimate of drug-likeness (QED) is 0.565. The van der Waals surface area contributed by atoms with Gasteiger partial charge in [-0.25, -0.2) is 18.4 Å². The summed E-state index contributed by atoms with van der Waals surface area (Å²) in [5.74, 6) is -1.60. The number of primary sulfonamides is 1. The van der Waals surface area contributed by atoms with Gasteiger partial charge in [-0.15, -0.1) is 0 Å². The number of nitrogens with zero attached hydrogens (tertiary/aromatic N) is 1. The van der Waals surface area contributed by atoms with E-state index in [1.165, 1.54) is 0 Å². The maximum Gasteiger partial charge on any atom is 0.337 e. The van der Waals surface area contributed by atoms with Gasteiger partial charge in [0.15, 0.2) is 4.90 Å². The van der Waals surface area contributed by atoms with Crippen LogP contribution >= 0.6 is 0 Å². The Morgan fingerprint density at radius 2 is 2.00 bits per heavy atom. The molecule has 0 spiro atoms. The Kier molecular flexibility index (Phi) is 2.92. The molecule has 3 N–H and O–H groups in total. The Bertz CT molecular complexity index is 532. The van der Waals surface area contributed by atoms with Crippen molar-refractivity contribution in [2.75, 3.05) is 0 Å². The molecule has 0 aliphatic heterocycles. The largest absolute Gasteiger partial charge is 0.478 e. The molecule has 0 aromatic heterocycles. The van der Waals surface area contributed by atoms with Crippen molar-refractivity contribution < 1.29 is 23.2 Å². The second-order valence-electron chi connectivity index (χ2n) is 2.76. The molecule has 0 aliphatic rings. The minimum absolute atomic E-state index is 0.725. The predicted octanol–water partition coefficient (Wildman–Crippen LogP) is -0.0596. The molecule has 0 saturated heterocycles. The first-order chi connectivity index (χ1) is 7.25. The van der Waals surface area contributed by atoms with E-state index in [0.717, 1.165) is 18.2 Å². The molecular formula is C7H6N2O6S. The van der Waals surface area contributed by atoms with Gasteiger partial charge in [-0.3, -0.25) is 10.1 Å². The van der Waals surface area contributed by atoms with Crippen LogP contribution in [-0.2, 0) is 10.0 Å². The second-order valence-corrected chi connectivity index (χ2v) is 4.26.